The number of carbonyl (C=O) groups excluding carboxylic acids is 1. The third kappa shape index (κ3) is 9.12. The lowest BCUT2D eigenvalue weighted by molar-refractivity contribution is -0.177. The quantitative estimate of drug-likeness (QED) is 0.198. The van der Waals surface area contributed by atoms with Crippen molar-refractivity contribution >= 4 is 24.2 Å². The van der Waals surface area contributed by atoms with Crippen LogP contribution in [-0.4, -0.2) is 101 Å². The molecule has 0 aliphatic rings. The van der Waals surface area contributed by atoms with Gasteiger partial charge in [0, 0.05) is 0 Å². The highest BCUT2D eigenvalue weighted by Crippen LogP contribution is 2.12. The van der Waals surface area contributed by atoms with Crippen LogP contribution in [0, 0.1) is 0 Å². The molecule has 0 saturated carbocycles. The van der Waals surface area contributed by atoms with Gasteiger partial charge in [0.15, 0.2) is 6.29 Å². The van der Waals surface area contributed by atoms with E-state index in [2.05, 4.69) is 9.47 Å². The van der Waals surface area contributed by atoms with Crippen molar-refractivity contribution in [3.8, 4) is 0 Å². The van der Waals surface area contributed by atoms with E-state index in [4.69, 9.17) is 20.1 Å². The van der Waals surface area contributed by atoms with Gasteiger partial charge in [-0.15, -0.1) is 0 Å². The fourth-order valence-electron chi connectivity index (χ4n) is 1.52. The molecule has 0 aromatic carbocycles. The number of carboxylic acid groups (broad SMARTS) is 3. The summed E-state index contributed by atoms with van der Waals surface area (Å²) in [4.78, 5) is 42.3. The minimum atomic E-state index is -1.91. The summed E-state index contributed by atoms with van der Waals surface area (Å²) in [5.74, 6) is -4.21. The molecule has 4 atom stereocenters. The largest absolute Gasteiger partial charge is 0.480 e. The number of rotatable bonds is 14. The van der Waals surface area contributed by atoms with E-state index in [0.717, 1.165) is 0 Å². The van der Waals surface area contributed by atoms with Crippen LogP contribution >= 0.6 is 0 Å². The van der Waals surface area contributed by atoms with Gasteiger partial charge in [-0.2, -0.15) is 0 Å². The van der Waals surface area contributed by atoms with E-state index >= 15 is 0 Å². The van der Waals surface area contributed by atoms with Crippen LogP contribution in [0.2, 0.25) is 0 Å². The summed E-state index contributed by atoms with van der Waals surface area (Å²) in [6.07, 6.45) is -7.00. The molecule has 0 aromatic rings. The first-order valence-corrected chi connectivity index (χ1v) is 6.46. The third-order valence-corrected chi connectivity index (χ3v) is 2.50. The molecule has 0 unspecified atom stereocenters. The van der Waals surface area contributed by atoms with Gasteiger partial charge in [-0.3, -0.25) is 0 Å². The average molecular weight is 354 g/mol. The van der Waals surface area contributed by atoms with Crippen molar-refractivity contribution in [3.05, 3.63) is 0 Å². The van der Waals surface area contributed by atoms with Gasteiger partial charge in [-0.05, 0) is 0 Å². The molecule has 0 rings (SSSR count). The summed E-state index contributed by atoms with van der Waals surface area (Å²) in [5.41, 5.74) is 0. The lowest BCUT2D eigenvalue weighted by atomic mass is 10.0. The van der Waals surface area contributed by atoms with E-state index in [0.29, 0.717) is 0 Å². The smallest absolute Gasteiger partial charge is 0.329 e. The van der Waals surface area contributed by atoms with Crippen molar-refractivity contribution < 1.29 is 58.9 Å². The monoisotopic (exact) mass is 354 g/mol. The summed E-state index contributed by atoms with van der Waals surface area (Å²) in [5, 5.41) is 45.1. The zero-order valence-electron chi connectivity index (χ0n) is 12.3. The van der Waals surface area contributed by atoms with Gasteiger partial charge in [-0.25, -0.2) is 14.4 Å². The maximum absolute atomic E-state index is 11.0. The van der Waals surface area contributed by atoms with Crippen LogP contribution in [0.5, 0.6) is 0 Å². The summed E-state index contributed by atoms with van der Waals surface area (Å²) in [6, 6.07) is 0. The fourth-order valence-corrected chi connectivity index (χ4v) is 1.52. The second-order valence-electron chi connectivity index (χ2n) is 4.44. The van der Waals surface area contributed by atoms with Crippen molar-refractivity contribution in [1.82, 2.24) is 0 Å². The van der Waals surface area contributed by atoms with Gasteiger partial charge < -0.3 is 44.5 Å². The molecule has 0 aromatic heterocycles. The minimum Gasteiger partial charge on any atom is -0.480 e. The van der Waals surface area contributed by atoms with Crippen LogP contribution in [-0.2, 0) is 33.4 Å². The van der Waals surface area contributed by atoms with Gasteiger partial charge in [0.2, 0.25) is 0 Å². The van der Waals surface area contributed by atoms with Crippen molar-refractivity contribution in [2.24, 2.45) is 0 Å². The Morgan fingerprint density at radius 3 is 1.83 bits per heavy atom. The van der Waals surface area contributed by atoms with Gasteiger partial charge in [0.1, 0.15) is 44.2 Å². The zero-order valence-corrected chi connectivity index (χ0v) is 12.3. The molecule has 5 N–H and O–H groups in total. The summed E-state index contributed by atoms with van der Waals surface area (Å²) >= 11 is 0. The first-order chi connectivity index (χ1) is 11.2. The van der Waals surface area contributed by atoms with E-state index in [-0.39, 0.29) is 6.29 Å². The molecule has 0 spiro atoms. The molecule has 0 fully saturated rings. The summed E-state index contributed by atoms with van der Waals surface area (Å²) in [7, 11) is 0. The lowest BCUT2D eigenvalue weighted by Gasteiger charge is -2.29. The van der Waals surface area contributed by atoms with E-state index in [9.17, 15) is 29.4 Å². The maximum atomic E-state index is 11.0. The Hall–Kier alpha value is -2.12. The standard InChI is InChI=1S/C12H18O12/c13-1-7(23-4-9(17)18)12(24-5-10(19)20)11(21)6(14)2-22-3-8(15)16/h1,6-7,11-12,14,21H,2-5H2,(H,15,16)(H,17,18)(H,19,20)/t6-,7+,11-,12-/m1/s1. The molecule has 0 heterocycles. The normalized spacial score (nSPS) is 15.9. The summed E-state index contributed by atoms with van der Waals surface area (Å²) in [6.45, 7) is -3.33. The molecule has 0 radical (unpaired) electrons. The number of hydrogen-bond donors (Lipinski definition) is 5. The Morgan fingerprint density at radius 2 is 1.38 bits per heavy atom. The first kappa shape index (κ1) is 21.9. The van der Waals surface area contributed by atoms with Crippen LogP contribution in [0.3, 0.4) is 0 Å². The highest BCUT2D eigenvalue weighted by molar-refractivity contribution is 5.69. The Bertz CT molecular complexity index is 436. The van der Waals surface area contributed by atoms with E-state index in [1.807, 2.05) is 0 Å². The van der Waals surface area contributed by atoms with Crippen LogP contribution < -0.4 is 0 Å². The van der Waals surface area contributed by atoms with Gasteiger partial charge in [0.05, 0.1) is 6.61 Å². The molecule has 24 heavy (non-hydrogen) atoms. The van der Waals surface area contributed by atoms with Crippen molar-refractivity contribution in [2.75, 3.05) is 26.4 Å². The van der Waals surface area contributed by atoms with E-state index < -0.39 is 68.8 Å². The summed E-state index contributed by atoms with van der Waals surface area (Å²) < 4.78 is 14.0. The van der Waals surface area contributed by atoms with E-state index in [1.54, 1.807) is 0 Å². The Kier molecular flexibility index (Phi) is 10.4. The second kappa shape index (κ2) is 11.4. The van der Waals surface area contributed by atoms with Crippen LogP contribution in [0.1, 0.15) is 0 Å². The predicted octanol–water partition coefficient (Wildman–Crippen LogP) is -3.05. The Balaban J connectivity index is 4.91. The number of hydrogen-bond acceptors (Lipinski definition) is 9. The average Bonchev–Trinajstić information content (AvgIpc) is 2.48. The van der Waals surface area contributed by atoms with E-state index in [1.165, 1.54) is 0 Å². The van der Waals surface area contributed by atoms with Gasteiger partial charge in [0.25, 0.3) is 0 Å². The first-order valence-electron chi connectivity index (χ1n) is 6.46. The van der Waals surface area contributed by atoms with Crippen molar-refractivity contribution in [2.45, 2.75) is 24.4 Å². The number of carbonyl (C=O) groups is 4. The molecular formula is C12H18O12. The highest BCUT2D eigenvalue weighted by atomic mass is 16.6. The van der Waals surface area contributed by atoms with Gasteiger partial charge >= 0.3 is 17.9 Å². The third-order valence-electron chi connectivity index (χ3n) is 2.50. The van der Waals surface area contributed by atoms with Gasteiger partial charge in [-0.1, -0.05) is 0 Å². The van der Waals surface area contributed by atoms with Crippen LogP contribution in [0.4, 0.5) is 0 Å². The number of carboxylic acids is 3. The van der Waals surface area contributed by atoms with Crippen LogP contribution in [0.15, 0.2) is 0 Å². The Labute approximate surface area is 135 Å². The molecule has 0 aliphatic carbocycles. The molecule has 138 valence electrons. The molecule has 0 bridgehead atoms. The predicted molar refractivity (Wildman–Crippen MR) is 71.3 cm³/mol. The second-order valence-corrected chi connectivity index (χ2v) is 4.44. The zero-order chi connectivity index (χ0) is 18.7. The minimum absolute atomic E-state index is 0.0729. The maximum Gasteiger partial charge on any atom is 0.329 e. The highest BCUT2D eigenvalue weighted by Gasteiger charge is 2.35. The number of aliphatic hydroxyl groups excluding tert-OH is 2. The molecule has 12 heteroatoms. The molecule has 0 amide bonds. The molecular weight excluding hydrogens is 336 g/mol. The van der Waals surface area contributed by atoms with Crippen molar-refractivity contribution in [3.63, 3.8) is 0 Å². The fraction of sp³-hybridized carbons (Fsp3) is 0.667. The molecule has 0 aliphatic heterocycles. The lowest BCUT2D eigenvalue weighted by Crippen LogP contribution is -2.50. The number of aldehydes is 1. The number of aliphatic carboxylic acids is 3. The topological polar surface area (TPSA) is 197 Å². The van der Waals surface area contributed by atoms with Crippen LogP contribution in [0.25, 0.3) is 0 Å². The Morgan fingerprint density at radius 1 is 0.875 bits per heavy atom. The number of aliphatic hydroxyl groups is 2. The molecule has 12 nitrogen and oxygen atoms in total. The SMILES string of the molecule is O=C[C@H](OCC(=O)O)[C@@H](OCC(=O)O)[C@H](O)[C@H](O)COCC(=O)O. The van der Waals surface area contributed by atoms with Crippen molar-refractivity contribution in [1.29, 1.82) is 0 Å². The number of ether oxygens (including phenoxy) is 3. The molecule has 0 saturated heterocycles.